The fourth-order valence-electron chi connectivity index (χ4n) is 2.30. The van der Waals surface area contributed by atoms with Crippen LogP contribution in [0.25, 0.3) is 0 Å². The third-order valence-corrected chi connectivity index (χ3v) is 3.73. The average molecular weight is 387 g/mol. The molecule has 0 saturated heterocycles. The van der Waals surface area contributed by atoms with Crippen molar-refractivity contribution in [2.24, 2.45) is 0 Å². The van der Waals surface area contributed by atoms with Crippen molar-refractivity contribution in [3.63, 3.8) is 0 Å². The van der Waals surface area contributed by atoms with E-state index in [1.807, 2.05) is 19.9 Å². The highest BCUT2D eigenvalue weighted by Gasteiger charge is 2.33. The first kappa shape index (κ1) is 20.0. The summed E-state index contributed by atoms with van der Waals surface area (Å²) in [5.74, 6) is 0.0963. The van der Waals surface area contributed by atoms with Crippen LogP contribution in [0.1, 0.15) is 29.8 Å². The van der Waals surface area contributed by atoms with E-state index in [1.54, 1.807) is 0 Å². The number of carbonyl (C=O) groups is 1. The zero-order chi connectivity index (χ0) is 19.3. The topological polar surface area (TPSA) is 66.9 Å². The number of benzene rings is 1. The lowest BCUT2D eigenvalue weighted by Gasteiger charge is -2.12. The molecule has 0 unspecified atom stereocenters. The van der Waals surface area contributed by atoms with Crippen LogP contribution in [0.2, 0.25) is 5.02 Å². The molecule has 1 heterocycles. The van der Waals surface area contributed by atoms with Crippen molar-refractivity contribution in [2.75, 3.05) is 17.2 Å². The van der Waals surface area contributed by atoms with Crippen molar-refractivity contribution in [3.8, 4) is 0 Å². The fraction of sp³-hybridized carbons (Fsp3) is 0.353. The van der Waals surface area contributed by atoms with E-state index >= 15 is 0 Å². The molecule has 0 fully saturated rings. The van der Waals surface area contributed by atoms with Gasteiger partial charge in [-0.3, -0.25) is 4.79 Å². The highest BCUT2D eigenvalue weighted by Crippen LogP contribution is 2.36. The normalized spacial score (nSPS) is 11.3. The Morgan fingerprint density at radius 2 is 1.81 bits per heavy atom. The number of nitrogens with one attached hydrogen (secondary N) is 2. The van der Waals surface area contributed by atoms with Crippen molar-refractivity contribution in [2.45, 2.75) is 32.9 Å². The van der Waals surface area contributed by atoms with Crippen molar-refractivity contribution in [1.82, 2.24) is 9.97 Å². The molecule has 1 aromatic heterocycles. The molecule has 2 aromatic rings. The van der Waals surface area contributed by atoms with Gasteiger partial charge in [0.25, 0.3) is 0 Å². The lowest BCUT2D eigenvalue weighted by molar-refractivity contribution is -0.137. The molecule has 5 nitrogen and oxygen atoms in total. The largest absolute Gasteiger partial charge is 0.417 e. The minimum atomic E-state index is -4.58. The van der Waals surface area contributed by atoms with Crippen LogP contribution in [-0.2, 0) is 11.0 Å². The number of hydrogen-bond acceptors (Lipinski definition) is 4. The minimum absolute atomic E-state index is 0.0531. The smallest absolute Gasteiger partial charge is 0.354 e. The highest BCUT2D eigenvalue weighted by molar-refractivity contribution is 6.31. The van der Waals surface area contributed by atoms with Gasteiger partial charge in [-0.2, -0.15) is 13.2 Å². The summed E-state index contributed by atoms with van der Waals surface area (Å²) in [6.07, 6.45) is -3.96. The minimum Gasteiger partial charge on any atom is -0.354 e. The van der Waals surface area contributed by atoms with E-state index in [2.05, 4.69) is 20.6 Å². The Kier molecular flexibility index (Phi) is 6.42. The number of halogens is 4. The van der Waals surface area contributed by atoms with Gasteiger partial charge < -0.3 is 10.6 Å². The van der Waals surface area contributed by atoms with Gasteiger partial charge in [-0.1, -0.05) is 11.6 Å². The number of carbonyl (C=O) groups excluding carboxylic acids is 1. The van der Waals surface area contributed by atoms with Gasteiger partial charge in [0.1, 0.15) is 0 Å². The predicted octanol–water partition coefficient (Wildman–Crippen LogP) is 4.60. The molecule has 0 aliphatic carbocycles. The lowest BCUT2D eigenvalue weighted by atomic mass is 10.2. The van der Waals surface area contributed by atoms with Gasteiger partial charge in [-0.25, -0.2) is 9.97 Å². The van der Waals surface area contributed by atoms with Crippen molar-refractivity contribution in [3.05, 3.63) is 46.2 Å². The summed E-state index contributed by atoms with van der Waals surface area (Å²) in [5.41, 5.74) is 0.741. The maximum atomic E-state index is 12.8. The van der Waals surface area contributed by atoms with Crippen LogP contribution in [0.4, 0.5) is 24.8 Å². The molecule has 1 aromatic carbocycles. The van der Waals surface area contributed by atoms with Crippen LogP contribution < -0.4 is 10.6 Å². The number of anilines is 2. The Labute approximate surface area is 154 Å². The Morgan fingerprint density at radius 3 is 2.42 bits per heavy atom. The van der Waals surface area contributed by atoms with Crippen LogP contribution >= 0.6 is 11.6 Å². The molecule has 0 radical (unpaired) electrons. The maximum absolute atomic E-state index is 12.8. The molecule has 0 bridgehead atoms. The third-order valence-electron chi connectivity index (χ3n) is 3.40. The van der Waals surface area contributed by atoms with E-state index in [4.69, 9.17) is 11.6 Å². The second-order valence-electron chi connectivity index (χ2n) is 5.75. The zero-order valence-corrected chi connectivity index (χ0v) is 15.0. The third kappa shape index (κ3) is 5.87. The Bertz CT molecular complexity index is 776. The molecule has 26 heavy (non-hydrogen) atoms. The molecular formula is C17H18ClF3N4O. The monoisotopic (exact) mass is 386 g/mol. The van der Waals surface area contributed by atoms with E-state index in [0.717, 1.165) is 23.5 Å². The predicted molar refractivity (Wildman–Crippen MR) is 94.3 cm³/mol. The van der Waals surface area contributed by atoms with Crippen LogP contribution in [0, 0.1) is 13.8 Å². The lowest BCUT2D eigenvalue weighted by Crippen LogP contribution is -2.15. The number of aryl methyl sites for hydroxylation is 2. The average Bonchev–Trinajstić information content (AvgIpc) is 2.51. The molecule has 2 N–H and O–H groups in total. The zero-order valence-electron chi connectivity index (χ0n) is 14.2. The maximum Gasteiger partial charge on any atom is 0.417 e. The van der Waals surface area contributed by atoms with Crippen LogP contribution in [-0.4, -0.2) is 22.4 Å². The molecule has 0 aliphatic heterocycles. The first-order valence-corrected chi connectivity index (χ1v) is 8.25. The molecule has 140 valence electrons. The van der Waals surface area contributed by atoms with Crippen LogP contribution in [0.15, 0.2) is 24.3 Å². The van der Waals surface area contributed by atoms with Crippen molar-refractivity contribution in [1.29, 1.82) is 0 Å². The van der Waals surface area contributed by atoms with Gasteiger partial charge in [0.05, 0.1) is 10.6 Å². The quantitative estimate of drug-likeness (QED) is 0.712. The number of alkyl halides is 3. The van der Waals surface area contributed by atoms with E-state index in [-0.39, 0.29) is 18.0 Å². The van der Waals surface area contributed by atoms with E-state index in [9.17, 15) is 18.0 Å². The Morgan fingerprint density at radius 1 is 1.15 bits per heavy atom. The van der Waals surface area contributed by atoms with Gasteiger partial charge in [0, 0.05) is 30.0 Å². The number of amides is 1. The Balaban J connectivity index is 1.84. The van der Waals surface area contributed by atoms with Gasteiger partial charge in [0.2, 0.25) is 11.9 Å². The fourth-order valence-corrected chi connectivity index (χ4v) is 2.52. The second-order valence-corrected chi connectivity index (χ2v) is 6.15. The van der Waals surface area contributed by atoms with E-state index in [0.29, 0.717) is 18.9 Å². The molecular weight excluding hydrogens is 369 g/mol. The molecule has 9 heteroatoms. The standard InChI is InChI=1S/C17H18ClF3N4O/c1-10-8-11(2)24-16(23-10)22-7-3-4-15(26)25-12-5-6-14(18)13(9-12)17(19,20)21/h5-6,8-9H,3-4,7H2,1-2H3,(H,25,26)(H,22,23,24). The summed E-state index contributed by atoms with van der Waals surface area (Å²) in [6, 6.07) is 5.11. The number of aromatic nitrogens is 2. The molecule has 0 atom stereocenters. The molecule has 0 saturated carbocycles. The van der Waals surface area contributed by atoms with Crippen LogP contribution in [0.5, 0.6) is 0 Å². The summed E-state index contributed by atoms with van der Waals surface area (Å²) in [7, 11) is 0. The van der Waals surface area contributed by atoms with Crippen molar-refractivity contribution < 1.29 is 18.0 Å². The van der Waals surface area contributed by atoms with Gasteiger partial charge in [-0.15, -0.1) is 0 Å². The number of rotatable bonds is 6. The Hall–Kier alpha value is -2.35. The first-order chi connectivity index (χ1) is 12.1. The summed E-state index contributed by atoms with van der Waals surface area (Å²) >= 11 is 5.55. The summed E-state index contributed by atoms with van der Waals surface area (Å²) in [4.78, 5) is 20.3. The number of hydrogen-bond donors (Lipinski definition) is 2. The van der Waals surface area contributed by atoms with E-state index in [1.165, 1.54) is 6.07 Å². The first-order valence-electron chi connectivity index (χ1n) is 7.88. The SMILES string of the molecule is Cc1cc(C)nc(NCCCC(=O)Nc2ccc(Cl)c(C(F)(F)F)c2)n1. The highest BCUT2D eigenvalue weighted by atomic mass is 35.5. The number of nitrogens with zero attached hydrogens (tertiary/aromatic N) is 2. The van der Waals surface area contributed by atoms with Gasteiger partial charge in [-0.05, 0) is 44.5 Å². The summed E-state index contributed by atoms with van der Waals surface area (Å²) in [6.45, 7) is 4.17. The van der Waals surface area contributed by atoms with E-state index < -0.39 is 16.8 Å². The summed E-state index contributed by atoms with van der Waals surface area (Å²) in [5, 5.41) is 5.05. The van der Waals surface area contributed by atoms with Gasteiger partial charge in [0.15, 0.2) is 0 Å². The molecule has 1 amide bonds. The van der Waals surface area contributed by atoms with Crippen molar-refractivity contribution >= 4 is 29.1 Å². The van der Waals surface area contributed by atoms with Crippen LogP contribution in [0.3, 0.4) is 0 Å². The molecule has 2 rings (SSSR count). The summed E-state index contributed by atoms with van der Waals surface area (Å²) < 4.78 is 38.4. The van der Waals surface area contributed by atoms with Gasteiger partial charge >= 0.3 is 6.18 Å². The molecule has 0 spiro atoms. The second kappa shape index (κ2) is 8.35. The molecule has 0 aliphatic rings.